The van der Waals surface area contributed by atoms with Crippen molar-refractivity contribution in [2.24, 2.45) is 4.99 Å². The Hall–Kier alpha value is -2.56. The van der Waals surface area contributed by atoms with Crippen molar-refractivity contribution >= 4 is 11.9 Å². The molecular formula is C20H29F3N6O2. The van der Waals surface area contributed by atoms with Crippen molar-refractivity contribution < 1.29 is 22.7 Å². The van der Waals surface area contributed by atoms with Crippen LogP contribution in [0.2, 0.25) is 0 Å². The minimum atomic E-state index is -4.41. The van der Waals surface area contributed by atoms with Crippen LogP contribution in [-0.4, -0.2) is 97.6 Å². The zero-order valence-electron chi connectivity index (χ0n) is 17.7. The number of likely N-dealkylation sites (tertiary alicyclic amines) is 1. The van der Waals surface area contributed by atoms with Crippen LogP contribution in [0.5, 0.6) is 5.88 Å². The first kappa shape index (κ1) is 23.1. The van der Waals surface area contributed by atoms with Gasteiger partial charge in [-0.15, -0.1) is 0 Å². The number of piperazine rings is 1. The molecule has 2 aliphatic heterocycles. The average molecular weight is 442 g/mol. The molecule has 31 heavy (non-hydrogen) atoms. The van der Waals surface area contributed by atoms with Crippen LogP contribution in [0.1, 0.15) is 18.4 Å². The molecule has 2 aliphatic rings. The summed E-state index contributed by atoms with van der Waals surface area (Å²) >= 11 is 0. The third kappa shape index (κ3) is 6.71. The number of guanidine groups is 1. The molecule has 2 fully saturated rings. The average Bonchev–Trinajstić information content (AvgIpc) is 3.29. The Morgan fingerprint density at radius 3 is 2.42 bits per heavy atom. The fourth-order valence-corrected chi connectivity index (χ4v) is 3.66. The van der Waals surface area contributed by atoms with Crippen molar-refractivity contribution in [2.45, 2.75) is 19.0 Å². The second kappa shape index (κ2) is 10.7. The van der Waals surface area contributed by atoms with Crippen LogP contribution in [0.25, 0.3) is 0 Å². The van der Waals surface area contributed by atoms with Crippen LogP contribution in [-0.2, 0) is 11.0 Å². The lowest BCUT2D eigenvalue weighted by Gasteiger charge is -2.36. The molecule has 0 radical (unpaired) electrons. The molecule has 0 aliphatic carbocycles. The van der Waals surface area contributed by atoms with Gasteiger partial charge in [0.05, 0.1) is 18.7 Å². The highest BCUT2D eigenvalue weighted by molar-refractivity contribution is 5.80. The highest BCUT2D eigenvalue weighted by Crippen LogP contribution is 2.29. The van der Waals surface area contributed by atoms with Gasteiger partial charge in [-0.05, 0) is 18.9 Å². The minimum absolute atomic E-state index is 0.140. The number of aliphatic imine (C=N–C) groups is 1. The summed E-state index contributed by atoms with van der Waals surface area (Å²) in [4.78, 5) is 26.5. The number of amides is 1. The standard InChI is InChI=1S/C20H29F3N6O2/c1-24-19(25-6-13-31-17-5-4-16(14-26-17)20(21,22)23)29-11-9-27(10-12-29)15-18(30)28-7-2-3-8-28/h4-5,14H,2-3,6-13,15H2,1H3,(H,24,25). The van der Waals surface area contributed by atoms with Gasteiger partial charge in [0.15, 0.2) is 5.96 Å². The summed E-state index contributed by atoms with van der Waals surface area (Å²) in [6.45, 7) is 5.97. The van der Waals surface area contributed by atoms with Crippen LogP contribution in [0.3, 0.4) is 0 Å². The molecule has 0 aromatic carbocycles. The quantitative estimate of drug-likeness (QED) is 0.407. The number of ether oxygens (including phenoxy) is 1. The van der Waals surface area contributed by atoms with Crippen LogP contribution >= 0.6 is 0 Å². The van der Waals surface area contributed by atoms with Gasteiger partial charge >= 0.3 is 6.18 Å². The molecule has 0 atom stereocenters. The van der Waals surface area contributed by atoms with Crippen molar-refractivity contribution in [1.82, 2.24) is 25.0 Å². The van der Waals surface area contributed by atoms with Gasteiger partial charge in [0.1, 0.15) is 6.61 Å². The maximum atomic E-state index is 12.6. The topological polar surface area (TPSA) is 73.3 Å². The molecule has 3 heterocycles. The molecule has 8 nitrogen and oxygen atoms in total. The van der Waals surface area contributed by atoms with E-state index in [1.165, 1.54) is 6.07 Å². The van der Waals surface area contributed by atoms with Gasteiger partial charge < -0.3 is 19.9 Å². The molecule has 3 rings (SSSR count). The van der Waals surface area contributed by atoms with Crippen molar-refractivity contribution in [2.75, 3.05) is 66.0 Å². The van der Waals surface area contributed by atoms with Gasteiger partial charge in [-0.3, -0.25) is 14.7 Å². The van der Waals surface area contributed by atoms with E-state index in [9.17, 15) is 18.0 Å². The summed E-state index contributed by atoms with van der Waals surface area (Å²) in [5.74, 6) is 1.08. The van der Waals surface area contributed by atoms with Gasteiger partial charge in [0, 0.05) is 58.6 Å². The number of halogens is 3. The number of rotatable bonds is 6. The fourth-order valence-electron chi connectivity index (χ4n) is 3.66. The van der Waals surface area contributed by atoms with Gasteiger partial charge in [-0.1, -0.05) is 0 Å². The number of aromatic nitrogens is 1. The van der Waals surface area contributed by atoms with Crippen LogP contribution in [0.4, 0.5) is 13.2 Å². The molecule has 0 saturated carbocycles. The van der Waals surface area contributed by atoms with Crippen molar-refractivity contribution in [3.05, 3.63) is 23.9 Å². The number of hydrogen-bond donors (Lipinski definition) is 1. The van der Waals surface area contributed by atoms with Gasteiger partial charge in [0.25, 0.3) is 0 Å². The van der Waals surface area contributed by atoms with Crippen molar-refractivity contribution in [3.63, 3.8) is 0 Å². The largest absolute Gasteiger partial charge is 0.476 e. The molecule has 1 aromatic rings. The Kier molecular flexibility index (Phi) is 7.94. The van der Waals surface area contributed by atoms with E-state index in [0.29, 0.717) is 13.1 Å². The SMILES string of the molecule is CN=C(NCCOc1ccc(C(F)(F)F)cn1)N1CCN(CC(=O)N2CCCC2)CC1. The molecule has 172 valence electrons. The predicted octanol–water partition coefficient (Wildman–Crippen LogP) is 1.29. The maximum Gasteiger partial charge on any atom is 0.417 e. The normalized spacial score (nSPS) is 18.4. The summed E-state index contributed by atoms with van der Waals surface area (Å²) in [6, 6.07) is 2.16. The molecule has 11 heteroatoms. The molecule has 0 spiro atoms. The van der Waals surface area contributed by atoms with Gasteiger partial charge in [0.2, 0.25) is 11.8 Å². The molecular weight excluding hydrogens is 413 g/mol. The van der Waals surface area contributed by atoms with Crippen LogP contribution in [0, 0.1) is 0 Å². The summed E-state index contributed by atoms with van der Waals surface area (Å²) < 4.78 is 43.1. The summed E-state index contributed by atoms with van der Waals surface area (Å²) in [5.41, 5.74) is -0.806. The van der Waals surface area contributed by atoms with E-state index in [4.69, 9.17) is 4.74 Å². The van der Waals surface area contributed by atoms with Crippen molar-refractivity contribution in [1.29, 1.82) is 0 Å². The number of carbonyl (C=O) groups is 1. The number of hydrogen-bond acceptors (Lipinski definition) is 5. The molecule has 2 saturated heterocycles. The second-order valence-electron chi connectivity index (χ2n) is 7.56. The Morgan fingerprint density at radius 1 is 1.13 bits per heavy atom. The summed E-state index contributed by atoms with van der Waals surface area (Å²) in [7, 11) is 1.70. The molecule has 1 amide bonds. The zero-order chi connectivity index (χ0) is 22.3. The number of nitrogens with one attached hydrogen (secondary N) is 1. The van der Waals surface area contributed by atoms with Crippen LogP contribution < -0.4 is 10.1 Å². The number of alkyl halides is 3. The highest BCUT2D eigenvalue weighted by atomic mass is 19.4. The Labute approximate surface area is 180 Å². The van der Waals surface area contributed by atoms with E-state index < -0.39 is 11.7 Å². The summed E-state index contributed by atoms with van der Waals surface area (Å²) in [6.07, 6.45) is -1.46. The zero-order valence-corrected chi connectivity index (χ0v) is 17.7. The smallest absolute Gasteiger partial charge is 0.417 e. The third-order valence-electron chi connectivity index (χ3n) is 5.40. The monoisotopic (exact) mass is 442 g/mol. The number of pyridine rings is 1. The fraction of sp³-hybridized carbons (Fsp3) is 0.650. The first-order valence-electron chi connectivity index (χ1n) is 10.5. The maximum absolute atomic E-state index is 12.6. The Balaban J connectivity index is 1.35. The lowest BCUT2D eigenvalue weighted by atomic mass is 10.3. The minimum Gasteiger partial charge on any atom is -0.476 e. The van der Waals surface area contributed by atoms with E-state index in [2.05, 4.69) is 25.1 Å². The van der Waals surface area contributed by atoms with Crippen LogP contribution in [0.15, 0.2) is 23.3 Å². The highest BCUT2D eigenvalue weighted by Gasteiger charge is 2.30. The van der Waals surface area contributed by atoms with Crippen molar-refractivity contribution in [3.8, 4) is 5.88 Å². The van der Waals surface area contributed by atoms with Gasteiger partial charge in [-0.25, -0.2) is 4.98 Å². The Morgan fingerprint density at radius 2 is 1.84 bits per heavy atom. The van der Waals surface area contributed by atoms with E-state index in [1.54, 1.807) is 7.05 Å². The summed E-state index contributed by atoms with van der Waals surface area (Å²) in [5, 5.41) is 3.19. The van der Waals surface area contributed by atoms with E-state index in [0.717, 1.165) is 70.3 Å². The third-order valence-corrected chi connectivity index (χ3v) is 5.40. The first-order valence-corrected chi connectivity index (χ1v) is 10.5. The number of carbonyl (C=O) groups excluding carboxylic acids is 1. The first-order chi connectivity index (χ1) is 14.9. The lowest BCUT2D eigenvalue weighted by Crippen LogP contribution is -2.54. The predicted molar refractivity (Wildman–Crippen MR) is 110 cm³/mol. The van der Waals surface area contributed by atoms with Gasteiger partial charge in [-0.2, -0.15) is 13.2 Å². The van der Waals surface area contributed by atoms with E-state index >= 15 is 0 Å². The lowest BCUT2D eigenvalue weighted by molar-refractivity contribution is -0.138. The van der Waals surface area contributed by atoms with E-state index in [1.807, 2.05) is 4.90 Å². The molecule has 0 bridgehead atoms. The molecule has 0 unspecified atom stereocenters. The molecule has 1 aromatic heterocycles. The second-order valence-corrected chi connectivity index (χ2v) is 7.56. The van der Waals surface area contributed by atoms with E-state index in [-0.39, 0.29) is 18.4 Å². The Bertz CT molecular complexity index is 742. The molecule has 1 N–H and O–H groups in total. The number of nitrogens with zero attached hydrogens (tertiary/aromatic N) is 5.